The normalized spacial score (nSPS) is 14.0. The average molecular weight is 482 g/mol. The fourth-order valence-corrected chi connectivity index (χ4v) is 3.66. The van der Waals surface area contributed by atoms with Gasteiger partial charge >= 0.3 is 5.97 Å². The molecule has 0 unspecified atom stereocenters. The molecule has 12 heteroatoms. The second-order valence-corrected chi connectivity index (χ2v) is 7.90. The Morgan fingerprint density at radius 3 is 2.77 bits per heavy atom. The van der Waals surface area contributed by atoms with E-state index < -0.39 is 11.9 Å². The second kappa shape index (κ2) is 10.9. The summed E-state index contributed by atoms with van der Waals surface area (Å²) < 4.78 is 10.3. The first kappa shape index (κ1) is 24.1. The molecule has 2 amide bonds. The van der Waals surface area contributed by atoms with E-state index in [-0.39, 0.29) is 29.7 Å². The molecule has 1 aliphatic heterocycles. The van der Waals surface area contributed by atoms with Crippen molar-refractivity contribution < 1.29 is 23.9 Å². The van der Waals surface area contributed by atoms with E-state index in [1.54, 1.807) is 31.2 Å². The van der Waals surface area contributed by atoms with Crippen LogP contribution in [0.3, 0.4) is 0 Å². The van der Waals surface area contributed by atoms with Gasteiger partial charge in [0.2, 0.25) is 5.91 Å². The number of nitrogens with zero attached hydrogens (tertiary/aromatic N) is 3. The maximum atomic E-state index is 12.9. The highest BCUT2D eigenvalue weighted by Crippen LogP contribution is 2.24. The lowest BCUT2D eigenvalue weighted by atomic mass is 10.1. The van der Waals surface area contributed by atoms with Crippen molar-refractivity contribution in [3.63, 3.8) is 0 Å². The van der Waals surface area contributed by atoms with Crippen LogP contribution >= 0.6 is 0 Å². The van der Waals surface area contributed by atoms with Gasteiger partial charge in [0.1, 0.15) is 11.4 Å². The van der Waals surface area contributed by atoms with E-state index in [4.69, 9.17) is 15.2 Å². The zero-order valence-corrected chi connectivity index (χ0v) is 19.3. The van der Waals surface area contributed by atoms with Gasteiger partial charge in [-0.15, -0.1) is 0 Å². The van der Waals surface area contributed by atoms with Gasteiger partial charge in [0.15, 0.2) is 11.5 Å². The maximum absolute atomic E-state index is 12.9. The number of anilines is 3. The summed E-state index contributed by atoms with van der Waals surface area (Å²) in [5, 5.41) is 12.7. The molecule has 0 radical (unpaired) electrons. The number of carbonyl (C=O) groups excluding carboxylic acids is 3. The number of aromatic nitrogens is 3. The van der Waals surface area contributed by atoms with Crippen molar-refractivity contribution in [2.24, 2.45) is 0 Å². The predicted molar refractivity (Wildman–Crippen MR) is 129 cm³/mol. The summed E-state index contributed by atoms with van der Waals surface area (Å²) in [6, 6.07) is 8.06. The van der Waals surface area contributed by atoms with Crippen LogP contribution < -0.4 is 16.4 Å². The van der Waals surface area contributed by atoms with Crippen LogP contribution in [-0.2, 0) is 14.3 Å². The number of fused-ring (bicyclic) bond motifs is 1. The van der Waals surface area contributed by atoms with Gasteiger partial charge < -0.3 is 25.8 Å². The number of nitrogen functional groups attached to an aromatic ring is 1. The Morgan fingerprint density at radius 1 is 1.20 bits per heavy atom. The van der Waals surface area contributed by atoms with Gasteiger partial charge in [0.05, 0.1) is 25.2 Å². The third-order valence-corrected chi connectivity index (χ3v) is 5.48. The molecule has 0 saturated carbocycles. The fourth-order valence-electron chi connectivity index (χ4n) is 3.66. The Labute approximate surface area is 201 Å². The molecule has 184 valence electrons. The van der Waals surface area contributed by atoms with E-state index in [2.05, 4.69) is 30.7 Å². The van der Waals surface area contributed by atoms with Crippen LogP contribution in [0.4, 0.5) is 17.3 Å². The Hall–Kier alpha value is -4.03. The van der Waals surface area contributed by atoms with Crippen molar-refractivity contribution in [2.45, 2.75) is 13.3 Å². The molecule has 2 aromatic heterocycles. The summed E-state index contributed by atoms with van der Waals surface area (Å²) in [6.45, 7) is 5.50. The third kappa shape index (κ3) is 5.91. The summed E-state index contributed by atoms with van der Waals surface area (Å²) in [5.74, 6) is -1.02. The van der Waals surface area contributed by atoms with Gasteiger partial charge in [-0.25, -0.2) is 9.78 Å². The van der Waals surface area contributed by atoms with E-state index in [1.165, 1.54) is 6.07 Å². The number of hydrogen-bond donors (Lipinski definition) is 4. The first-order valence-corrected chi connectivity index (χ1v) is 11.3. The van der Waals surface area contributed by atoms with E-state index in [1.807, 2.05) is 0 Å². The second-order valence-electron chi connectivity index (χ2n) is 7.90. The van der Waals surface area contributed by atoms with Crippen LogP contribution in [0.2, 0.25) is 0 Å². The number of nitrogens with one attached hydrogen (secondary N) is 3. The van der Waals surface area contributed by atoms with Crippen LogP contribution in [0.25, 0.3) is 11.0 Å². The first-order valence-electron chi connectivity index (χ1n) is 11.3. The molecular formula is C23H27N7O5. The maximum Gasteiger partial charge on any atom is 0.341 e. The highest BCUT2D eigenvalue weighted by Gasteiger charge is 2.19. The topological polar surface area (TPSA) is 165 Å². The monoisotopic (exact) mass is 481 g/mol. The highest BCUT2D eigenvalue weighted by atomic mass is 16.5. The van der Waals surface area contributed by atoms with Crippen LogP contribution in [-0.4, -0.2) is 77.3 Å². The Balaban J connectivity index is 1.42. The van der Waals surface area contributed by atoms with Crippen LogP contribution in [0.5, 0.6) is 0 Å². The number of H-pyrrole nitrogens is 1. The molecule has 4 rings (SSSR count). The molecule has 1 fully saturated rings. The van der Waals surface area contributed by atoms with E-state index in [9.17, 15) is 14.4 Å². The number of ether oxygens (including phenoxy) is 2. The smallest absolute Gasteiger partial charge is 0.341 e. The first-order chi connectivity index (χ1) is 16.9. The minimum Gasteiger partial charge on any atom is -0.462 e. The Morgan fingerprint density at radius 2 is 2.00 bits per heavy atom. The fraction of sp³-hybridized carbons (Fsp3) is 0.348. The number of carbonyl (C=O) groups is 3. The standard InChI is InChI=1S/C23H27N7O5/c1-2-35-23(33)16-13-17-20(26-19(16)24)28-29-21(17)27-22(32)14-4-3-5-15(12-14)25-18(31)6-7-30-8-10-34-11-9-30/h3-5,12-13H,2,6-11H2,1H3,(H,25,31)(H4,24,26,27,28,29,32). The number of benzene rings is 1. The lowest BCUT2D eigenvalue weighted by molar-refractivity contribution is -0.116. The average Bonchev–Trinajstić information content (AvgIpc) is 3.24. The Kier molecular flexibility index (Phi) is 7.53. The van der Waals surface area contributed by atoms with Crippen LogP contribution in [0.15, 0.2) is 30.3 Å². The van der Waals surface area contributed by atoms with E-state index >= 15 is 0 Å². The van der Waals surface area contributed by atoms with Gasteiger partial charge in [-0.1, -0.05) is 6.07 Å². The largest absolute Gasteiger partial charge is 0.462 e. The van der Waals surface area contributed by atoms with Crippen molar-refractivity contribution in [2.75, 3.05) is 55.8 Å². The molecule has 0 atom stereocenters. The summed E-state index contributed by atoms with van der Waals surface area (Å²) in [5.41, 5.74) is 7.07. The summed E-state index contributed by atoms with van der Waals surface area (Å²) >= 11 is 0. The quantitative estimate of drug-likeness (QED) is 0.350. The van der Waals surface area contributed by atoms with Crippen LogP contribution in [0, 0.1) is 0 Å². The number of morpholine rings is 1. The summed E-state index contributed by atoms with van der Waals surface area (Å²) in [7, 11) is 0. The molecule has 0 bridgehead atoms. The number of esters is 1. The lowest BCUT2D eigenvalue weighted by Crippen LogP contribution is -2.38. The number of amides is 2. The molecule has 35 heavy (non-hydrogen) atoms. The number of hydrogen-bond acceptors (Lipinski definition) is 9. The zero-order valence-electron chi connectivity index (χ0n) is 19.3. The van der Waals surface area contributed by atoms with Crippen molar-refractivity contribution >= 4 is 46.1 Å². The molecular weight excluding hydrogens is 454 g/mol. The van der Waals surface area contributed by atoms with Gasteiger partial charge in [-0.3, -0.25) is 19.6 Å². The van der Waals surface area contributed by atoms with Gasteiger partial charge in [0, 0.05) is 37.3 Å². The molecule has 1 saturated heterocycles. The van der Waals surface area contributed by atoms with Crippen molar-refractivity contribution in [1.29, 1.82) is 0 Å². The van der Waals surface area contributed by atoms with Gasteiger partial charge in [-0.05, 0) is 31.2 Å². The highest BCUT2D eigenvalue weighted by molar-refractivity contribution is 6.09. The summed E-state index contributed by atoms with van der Waals surface area (Å²) in [4.78, 5) is 43.7. The van der Waals surface area contributed by atoms with Gasteiger partial charge in [-0.2, -0.15) is 5.10 Å². The predicted octanol–water partition coefficient (Wildman–Crippen LogP) is 1.63. The van der Waals surface area contributed by atoms with E-state index in [0.717, 1.165) is 13.1 Å². The Bertz CT molecular complexity index is 1240. The van der Waals surface area contributed by atoms with Crippen molar-refractivity contribution in [1.82, 2.24) is 20.1 Å². The number of nitrogens with two attached hydrogens (primary N) is 1. The van der Waals surface area contributed by atoms with Crippen LogP contribution in [0.1, 0.15) is 34.1 Å². The molecule has 5 N–H and O–H groups in total. The third-order valence-electron chi connectivity index (χ3n) is 5.48. The molecule has 1 aliphatic rings. The minimum atomic E-state index is -0.616. The van der Waals surface area contributed by atoms with Crippen molar-refractivity contribution in [3.05, 3.63) is 41.5 Å². The molecule has 3 aromatic rings. The number of aromatic amines is 1. The molecule has 1 aromatic carbocycles. The van der Waals surface area contributed by atoms with E-state index in [0.29, 0.717) is 48.5 Å². The molecule has 12 nitrogen and oxygen atoms in total. The van der Waals surface area contributed by atoms with Gasteiger partial charge in [0.25, 0.3) is 5.91 Å². The minimum absolute atomic E-state index is 0.00506. The summed E-state index contributed by atoms with van der Waals surface area (Å²) in [6.07, 6.45) is 0.342. The SMILES string of the molecule is CCOC(=O)c1cc2c(NC(=O)c3cccc(NC(=O)CCN4CCOCC4)c3)n[nH]c2nc1N. The zero-order chi connectivity index (χ0) is 24.8. The molecule has 0 aliphatic carbocycles. The molecule has 0 spiro atoms. The lowest BCUT2D eigenvalue weighted by Gasteiger charge is -2.26. The number of rotatable bonds is 8. The molecule has 3 heterocycles. The van der Waals surface area contributed by atoms with Crippen molar-refractivity contribution in [3.8, 4) is 0 Å². The number of pyridine rings is 1.